The van der Waals surface area contributed by atoms with Crippen LogP contribution in [0.3, 0.4) is 0 Å². The van der Waals surface area contributed by atoms with Crippen molar-refractivity contribution < 1.29 is 0 Å². The highest BCUT2D eigenvalue weighted by atomic mass is 15.3. The SMILES string of the molecule is CC(C)c1nc(NN)cc(N2CCCCCC2)n1. The molecule has 18 heavy (non-hydrogen) atoms. The summed E-state index contributed by atoms with van der Waals surface area (Å²) in [5, 5.41) is 0. The van der Waals surface area contributed by atoms with Crippen LogP contribution in [0.4, 0.5) is 11.6 Å². The normalized spacial score (nSPS) is 16.8. The summed E-state index contributed by atoms with van der Waals surface area (Å²) < 4.78 is 0. The minimum atomic E-state index is 0.309. The molecule has 0 atom stereocenters. The van der Waals surface area contributed by atoms with E-state index in [4.69, 9.17) is 5.84 Å². The van der Waals surface area contributed by atoms with Crippen LogP contribution < -0.4 is 16.2 Å². The van der Waals surface area contributed by atoms with E-state index in [0.717, 1.165) is 24.7 Å². The standard InChI is InChI=1S/C13H23N5/c1-10(2)13-15-11(17-14)9-12(16-13)18-7-5-3-4-6-8-18/h9-10H,3-8,14H2,1-2H3,(H,15,16,17). The van der Waals surface area contributed by atoms with Gasteiger partial charge in [-0.15, -0.1) is 0 Å². The zero-order valence-corrected chi connectivity index (χ0v) is 11.3. The lowest BCUT2D eigenvalue weighted by atomic mass is 10.2. The summed E-state index contributed by atoms with van der Waals surface area (Å²) >= 11 is 0. The number of hydrogen-bond donors (Lipinski definition) is 2. The number of nitrogen functional groups attached to an aromatic ring is 1. The molecule has 0 aromatic carbocycles. The van der Waals surface area contributed by atoms with E-state index in [1.165, 1.54) is 25.7 Å². The third kappa shape index (κ3) is 3.10. The zero-order valence-electron chi connectivity index (χ0n) is 11.3. The fraction of sp³-hybridized carbons (Fsp3) is 0.692. The highest BCUT2D eigenvalue weighted by Gasteiger charge is 2.14. The minimum absolute atomic E-state index is 0.309. The van der Waals surface area contributed by atoms with Crippen molar-refractivity contribution in [3.8, 4) is 0 Å². The molecule has 0 saturated carbocycles. The molecular weight excluding hydrogens is 226 g/mol. The molecule has 2 heterocycles. The van der Waals surface area contributed by atoms with Gasteiger partial charge in [0.05, 0.1) is 0 Å². The fourth-order valence-electron chi connectivity index (χ4n) is 2.25. The Labute approximate surface area is 109 Å². The molecule has 0 spiro atoms. The van der Waals surface area contributed by atoms with E-state index in [9.17, 15) is 0 Å². The van der Waals surface area contributed by atoms with Crippen LogP contribution in [-0.4, -0.2) is 23.1 Å². The number of aromatic nitrogens is 2. The number of hydrogen-bond acceptors (Lipinski definition) is 5. The highest BCUT2D eigenvalue weighted by molar-refractivity contribution is 5.49. The Bertz CT molecular complexity index is 383. The van der Waals surface area contributed by atoms with Gasteiger partial charge in [0.1, 0.15) is 17.5 Å². The van der Waals surface area contributed by atoms with Gasteiger partial charge in [0, 0.05) is 25.1 Å². The molecule has 5 heteroatoms. The molecule has 1 aromatic rings. The number of anilines is 2. The second-order valence-corrected chi connectivity index (χ2v) is 5.17. The summed E-state index contributed by atoms with van der Waals surface area (Å²) in [6.07, 6.45) is 5.13. The predicted molar refractivity (Wildman–Crippen MR) is 74.6 cm³/mol. The molecule has 0 aliphatic carbocycles. The third-order valence-corrected chi connectivity index (χ3v) is 3.32. The molecule has 1 saturated heterocycles. The van der Waals surface area contributed by atoms with Crippen molar-refractivity contribution in [2.24, 2.45) is 5.84 Å². The van der Waals surface area contributed by atoms with Crippen LogP contribution in [0.2, 0.25) is 0 Å². The summed E-state index contributed by atoms with van der Waals surface area (Å²) in [6.45, 7) is 6.36. The maximum absolute atomic E-state index is 5.49. The van der Waals surface area contributed by atoms with Gasteiger partial charge in [0.15, 0.2) is 0 Å². The molecule has 0 amide bonds. The van der Waals surface area contributed by atoms with Crippen molar-refractivity contribution in [3.63, 3.8) is 0 Å². The Kier molecular flexibility index (Phi) is 4.36. The third-order valence-electron chi connectivity index (χ3n) is 3.32. The summed E-state index contributed by atoms with van der Waals surface area (Å²) in [7, 11) is 0. The van der Waals surface area contributed by atoms with E-state index in [1.807, 2.05) is 6.07 Å². The van der Waals surface area contributed by atoms with Gasteiger partial charge in [-0.3, -0.25) is 0 Å². The van der Waals surface area contributed by atoms with Crippen molar-refractivity contribution in [1.82, 2.24) is 9.97 Å². The van der Waals surface area contributed by atoms with Crippen LogP contribution in [0.15, 0.2) is 6.07 Å². The number of nitrogens with one attached hydrogen (secondary N) is 1. The summed E-state index contributed by atoms with van der Waals surface area (Å²) in [4.78, 5) is 11.4. The summed E-state index contributed by atoms with van der Waals surface area (Å²) in [6, 6.07) is 1.94. The first kappa shape index (κ1) is 13.1. The molecule has 0 bridgehead atoms. The van der Waals surface area contributed by atoms with Crippen LogP contribution in [-0.2, 0) is 0 Å². The predicted octanol–water partition coefficient (Wildman–Crippen LogP) is 2.27. The lowest BCUT2D eigenvalue weighted by Gasteiger charge is -2.22. The maximum Gasteiger partial charge on any atom is 0.145 e. The number of nitrogens with zero attached hydrogens (tertiary/aromatic N) is 3. The first-order valence-corrected chi connectivity index (χ1v) is 6.81. The van der Waals surface area contributed by atoms with Gasteiger partial charge in [0.25, 0.3) is 0 Å². The second-order valence-electron chi connectivity index (χ2n) is 5.17. The Hall–Kier alpha value is -1.36. The highest BCUT2D eigenvalue weighted by Crippen LogP contribution is 2.22. The van der Waals surface area contributed by atoms with E-state index >= 15 is 0 Å². The van der Waals surface area contributed by atoms with Crippen molar-refractivity contribution in [1.29, 1.82) is 0 Å². The van der Waals surface area contributed by atoms with Gasteiger partial charge in [0.2, 0.25) is 0 Å². The van der Waals surface area contributed by atoms with Crippen molar-refractivity contribution in [2.45, 2.75) is 45.4 Å². The van der Waals surface area contributed by atoms with E-state index in [2.05, 4.69) is 34.1 Å². The first-order chi connectivity index (χ1) is 8.70. The lowest BCUT2D eigenvalue weighted by Crippen LogP contribution is -2.26. The molecule has 100 valence electrons. The molecule has 1 aromatic heterocycles. The van der Waals surface area contributed by atoms with Crippen molar-refractivity contribution in [2.75, 3.05) is 23.4 Å². The van der Waals surface area contributed by atoms with E-state index in [1.54, 1.807) is 0 Å². The number of rotatable bonds is 3. The molecule has 1 aliphatic heterocycles. The first-order valence-electron chi connectivity index (χ1n) is 6.81. The number of nitrogens with two attached hydrogens (primary N) is 1. The summed E-state index contributed by atoms with van der Waals surface area (Å²) in [5.74, 6) is 8.36. The van der Waals surface area contributed by atoms with Gasteiger partial charge in [-0.25, -0.2) is 15.8 Å². The zero-order chi connectivity index (χ0) is 13.0. The molecule has 3 N–H and O–H groups in total. The minimum Gasteiger partial charge on any atom is -0.356 e. The second kappa shape index (κ2) is 6.00. The van der Waals surface area contributed by atoms with E-state index in [-0.39, 0.29) is 0 Å². The molecular formula is C13H23N5. The van der Waals surface area contributed by atoms with Crippen LogP contribution in [0, 0.1) is 0 Å². The largest absolute Gasteiger partial charge is 0.356 e. The quantitative estimate of drug-likeness (QED) is 0.635. The molecule has 1 fully saturated rings. The Morgan fingerprint density at radius 1 is 1.17 bits per heavy atom. The topological polar surface area (TPSA) is 67.1 Å². The maximum atomic E-state index is 5.49. The van der Waals surface area contributed by atoms with Crippen molar-refractivity contribution in [3.05, 3.63) is 11.9 Å². The Morgan fingerprint density at radius 3 is 2.39 bits per heavy atom. The van der Waals surface area contributed by atoms with Crippen LogP contribution >= 0.6 is 0 Å². The summed E-state index contributed by atoms with van der Waals surface area (Å²) in [5.41, 5.74) is 2.64. The average Bonchev–Trinajstić information content (AvgIpc) is 2.67. The molecule has 5 nitrogen and oxygen atoms in total. The van der Waals surface area contributed by atoms with Gasteiger partial charge >= 0.3 is 0 Å². The van der Waals surface area contributed by atoms with Crippen molar-refractivity contribution >= 4 is 11.6 Å². The fourth-order valence-corrected chi connectivity index (χ4v) is 2.25. The van der Waals surface area contributed by atoms with Gasteiger partial charge in [-0.1, -0.05) is 26.7 Å². The van der Waals surface area contributed by atoms with E-state index < -0.39 is 0 Å². The van der Waals surface area contributed by atoms with E-state index in [0.29, 0.717) is 11.7 Å². The van der Waals surface area contributed by atoms with Crippen LogP contribution in [0.25, 0.3) is 0 Å². The van der Waals surface area contributed by atoms with Crippen LogP contribution in [0.5, 0.6) is 0 Å². The van der Waals surface area contributed by atoms with Crippen LogP contribution in [0.1, 0.15) is 51.3 Å². The molecule has 2 rings (SSSR count). The smallest absolute Gasteiger partial charge is 0.145 e. The number of hydrazine groups is 1. The molecule has 1 aliphatic rings. The Balaban J connectivity index is 2.27. The van der Waals surface area contributed by atoms with Gasteiger partial charge in [-0.05, 0) is 12.8 Å². The van der Waals surface area contributed by atoms with Gasteiger partial charge < -0.3 is 10.3 Å². The average molecular weight is 249 g/mol. The Morgan fingerprint density at radius 2 is 1.83 bits per heavy atom. The molecule has 0 unspecified atom stereocenters. The van der Waals surface area contributed by atoms with Gasteiger partial charge in [-0.2, -0.15) is 0 Å². The lowest BCUT2D eigenvalue weighted by molar-refractivity contribution is 0.726. The molecule has 0 radical (unpaired) electrons. The monoisotopic (exact) mass is 249 g/mol.